The normalized spacial score (nSPS) is 16.9. The second kappa shape index (κ2) is 8.78. The van der Waals surface area contributed by atoms with Crippen LogP contribution in [0.4, 0.5) is 19.0 Å². The minimum atomic E-state index is -4.79. The van der Waals surface area contributed by atoms with Gasteiger partial charge in [0.2, 0.25) is 5.91 Å². The first-order valence-corrected chi connectivity index (χ1v) is 10.3. The van der Waals surface area contributed by atoms with E-state index in [1.165, 1.54) is 35.3 Å². The van der Waals surface area contributed by atoms with Crippen molar-refractivity contribution >= 4 is 28.6 Å². The molecule has 12 heteroatoms. The monoisotopic (exact) mass is 473 g/mol. The Labute approximate surface area is 192 Å². The van der Waals surface area contributed by atoms with Gasteiger partial charge in [-0.15, -0.1) is 0 Å². The summed E-state index contributed by atoms with van der Waals surface area (Å²) in [5.41, 5.74) is 9.58. The molecule has 5 N–H and O–H groups in total. The zero-order valence-corrected chi connectivity index (χ0v) is 18.1. The number of primary amides is 1. The Morgan fingerprint density at radius 3 is 2.74 bits per heavy atom. The van der Waals surface area contributed by atoms with Crippen LogP contribution in [0.1, 0.15) is 22.8 Å². The largest absolute Gasteiger partial charge is 0.417 e. The van der Waals surface area contributed by atoms with Crippen LogP contribution < -0.4 is 16.4 Å². The number of rotatable bonds is 4. The lowest BCUT2D eigenvalue weighted by molar-refractivity contribution is -0.137. The second-order valence-corrected chi connectivity index (χ2v) is 7.77. The van der Waals surface area contributed by atoms with Crippen molar-refractivity contribution in [2.45, 2.75) is 19.1 Å². The molecule has 1 aliphatic heterocycles. The van der Waals surface area contributed by atoms with Gasteiger partial charge in [0.15, 0.2) is 5.65 Å². The number of halogens is 3. The molecule has 1 amide bonds. The van der Waals surface area contributed by atoms with Gasteiger partial charge in [0.05, 0.1) is 36.6 Å². The van der Waals surface area contributed by atoms with Crippen LogP contribution in [0.25, 0.3) is 22.2 Å². The molecule has 0 unspecified atom stereocenters. The Morgan fingerprint density at radius 1 is 1.32 bits per heavy atom. The van der Waals surface area contributed by atoms with Gasteiger partial charge >= 0.3 is 6.18 Å². The lowest BCUT2D eigenvalue weighted by Gasteiger charge is -2.34. The maximum absolute atomic E-state index is 13.7. The quantitative estimate of drug-likeness (QED) is 0.394. The van der Waals surface area contributed by atoms with Gasteiger partial charge < -0.3 is 21.1 Å². The number of hydrogen-bond acceptors (Lipinski definition) is 7. The SMILES string of the molecule is C[C@@H]1COCCN1c1cc(-c2cccc(C(F)(F)F)c2C(N)=O)c2cnn(C(=N)/C=C\N)c2n1. The topological polar surface area (TPSA) is 136 Å². The number of nitrogens with zero attached hydrogens (tertiary/aromatic N) is 4. The van der Waals surface area contributed by atoms with Gasteiger partial charge in [0.1, 0.15) is 11.7 Å². The molecule has 0 spiro atoms. The van der Waals surface area contributed by atoms with E-state index >= 15 is 0 Å². The summed E-state index contributed by atoms with van der Waals surface area (Å²) in [7, 11) is 0. The molecule has 3 aromatic rings. The third-order valence-electron chi connectivity index (χ3n) is 5.58. The third-order valence-corrected chi connectivity index (χ3v) is 5.58. The molecule has 9 nitrogen and oxygen atoms in total. The van der Waals surface area contributed by atoms with Crippen LogP contribution in [0.15, 0.2) is 42.7 Å². The summed E-state index contributed by atoms with van der Waals surface area (Å²) >= 11 is 0. The predicted octanol–water partition coefficient (Wildman–Crippen LogP) is 2.74. The number of fused-ring (bicyclic) bond motifs is 1. The molecule has 1 atom stereocenters. The fourth-order valence-corrected chi connectivity index (χ4v) is 4.04. The highest BCUT2D eigenvalue weighted by atomic mass is 19.4. The molecular formula is C22H22F3N7O2. The maximum atomic E-state index is 13.7. The molecule has 1 aromatic carbocycles. The average Bonchev–Trinajstić information content (AvgIpc) is 3.22. The first-order chi connectivity index (χ1) is 16.1. The lowest BCUT2D eigenvalue weighted by atomic mass is 9.93. The molecule has 1 saturated heterocycles. The molecular weight excluding hydrogens is 451 g/mol. The van der Waals surface area contributed by atoms with Crippen LogP contribution in [-0.2, 0) is 10.9 Å². The van der Waals surface area contributed by atoms with Crippen LogP contribution in [0.2, 0.25) is 0 Å². The Kier molecular flexibility index (Phi) is 6.00. The van der Waals surface area contributed by atoms with E-state index in [9.17, 15) is 18.0 Å². The van der Waals surface area contributed by atoms with E-state index in [2.05, 4.69) is 10.1 Å². The minimum Gasteiger partial charge on any atom is -0.404 e. The summed E-state index contributed by atoms with van der Waals surface area (Å²) in [5, 5.41) is 12.8. The van der Waals surface area contributed by atoms with E-state index in [4.69, 9.17) is 21.6 Å². The number of hydrogen-bond donors (Lipinski definition) is 3. The molecule has 1 fully saturated rings. The number of amides is 1. The van der Waals surface area contributed by atoms with Crippen LogP contribution in [-0.4, -0.2) is 52.3 Å². The zero-order chi connectivity index (χ0) is 24.6. The Morgan fingerprint density at radius 2 is 2.09 bits per heavy atom. The van der Waals surface area contributed by atoms with E-state index in [1.54, 1.807) is 6.07 Å². The van der Waals surface area contributed by atoms with Gasteiger partial charge in [-0.1, -0.05) is 12.1 Å². The number of carbonyl (C=O) groups excluding carboxylic acids is 1. The molecule has 1 aliphatic rings. The summed E-state index contributed by atoms with van der Waals surface area (Å²) in [6, 6.07) is 4.98. The predicted molar refractivity (Wildman–Crippen MR) is 121 cm³/mol. The highest BCUT2D eigenvalue weighted by Gasteiger charge is 2.36. The van der Waals surface area contributed by atoms with Crippen molar-refractivity contribution in [1.82, 2.24) is 14.8 Å². The van der Waals surface area contributed by atoms with Crippen molar-refractivity contribution in [1.29, 1.82) is 5.41 Å². The number of aromatic nitrogens is 3. The number of anilines is 1. The number of alkyl halides is 3. The van der Waals surface area contributed by atoms with Crippen molar-refractivity contribution in [3.63, 3.8) is 0 Å². The first kappa shape index (κ1) is 23.2. The molecule has 4 rings (SSSR count). The van der Waals surface area contributed by atoms with E-state index in [1.807, 2.05) is 11.8 Å². The molecule has 0 radical (unpaired) electrons. The van der Waals surface area contributed by atoms with Gasteiger partial charge in [-0.05, 0) is 42.5 Å². The molecule has 2 aromatic heterocycles. The van der Waals surface area contributed by atoms with Gasteiger partial charge in [0.25, 0.3) is 0 Å². The number of carbonyl (C=O) groups is 1. The summed E-state index contributed by atoms with van der Waals surface area (Å²) < 4.78 is 47.9. The number of ether oxygens (including phenoxy) is 1. The Bertz CT molecular complexity index is 1300. The summed E-state index contributed by atoms with van der Waals surface area (Å²) in [5.74, 6) is -0.861. The summed E-state index contributed by atoms with van der Waals surface area (Å²) in [6.07, 6.45) is -0.931. The number of benzene rings is 1. The van der Waals surface area contributed by atoms with Gasteiger partial charge in [0, 0.05) is 11.9 Å². The van der Waals surface area contributed by atoms with Crippen LogP contribution in [0, 0.1) is 5.41 Å². The number of allylic oxidation sites excluding steroid dienone is 1. The zero-order valence-electron chi connectivity index (χ0n) is 18.1. The second-order valence-electron chi connectivity index (χ2n) is 7.77. The van der Waals surface area contributed by atoms with E-state index in [0.29, 0.717) is 31.0 Å². The minimum absolute atomic E-state index is 0.00247. The standard InChI is InChI=1S/C22H22F3N7O2/c1-12-11-34-8-7-31(12)18-9-14(15-10-29-32(21(15)30-18)17(27)5-6-26)13-3-2-4-16(22(23,24)25)19(13)20(28)33/h2-6,9-10,12,27H,7-8,11,26H2,1H3,(H2,28,33)/b6-5-,27-17?/t12-/m1/s1. The fourth-order valence-electron chi connectivity index (χ4n) is 4.04. The van der Waals surface area contributed by atoms with Crippen molar-refractivity contribution < 1.29 is 22.7 Å². The number of morpholine rings is 1. The first-order valence-electron chi connectivity index (χ1n) is 10.3. The van der Waals surface area contributed by atoms with Gasteiger partial charge in [-0.3, -0.25) is 10.2 Å². The number of nitrogens with two attached hydrogens (primary N) is 2. The highest BCUT2D eigenvalue weighted by Crippen LogP contribution is 2.39. The van der Waals surface area contributed by atoms with Crippen LogP contribution >= 0.6 is 0 Å². The van der Waals surface area contributed by atoms with Crippen molar-refractivity contribution in [3.05, 3.63) is 53.9 Å². The maximum Gasteiger partial charge on any atom is 0.417 e. The lowest BCUT2D eigenvalue weighted by Crippen LogP contribution is -2.44. The molecule has 0 bridgehead atoms. The highest BCUT2D eigenvalue weighted by molar-refractivity contribution is 6.07. The fraction of sp³-hybridized carbons (Fsp3) is 0.273. The van der Waals surface area contributed by atoms with Gasteiger partial charge in [-0.2, -0.15) is 23.0 Å². The molecule has 0 aliphatic carbocycles. The number of pyridine rings is 1. The smallest absolute Gasteiger partial charge is 0.404 e. The third kappa shape index (κ3) is 4.07. The van der Waals surface area contributed by atoms with E-state index in [0.717, 1.165) is 6.07 Å². The summed E-state index contributed by atoms with van der Waals surface area (Å²) in [4.78, 5) is 18.8. The molecule has 0 saturated carbocycles. The Balaban J connectivity index is 2.05. The van der Waals surface area contributed by atoms with Crippen molar-refractivity contribution in [2.24, 2.45) is 11.5 Å². The average molecular weight is 473 g/mol. The van der Waals surface area contributed by atoms with Gasteiger partial charge in [-0.25, -0.2) is 4.98 Å². The Hall–Kier alpha value is -3.93. The van der Waals surface area contributed by atoms with Crippen molar-refractivity contribution in [3.8, 4) is 11.1 Å². The molecule has 3 heterocycles. The van der Waals surface area contributed by atoms with Crippen LogP contribution in [0.3, 0.4) is 0 Å². The van der Waals surface area contributed by atoms with E-state index < -0.39 is 23.2 Å². The summed E-state index contributed by atoms with van der Waals surface area (Å²) in [6.45, 7) is 3.32. The molecule has 34 heavy (non-hydrogen) atoms. The number of nitrogens with one attached hydrogen (secondary N) is 1. The van der Waals surface area contributed by atoms with E-state index in [-0.39, 0.29) is 28.7 Å². The van der Waals surface area contributed by atoms with Crippen LogP contribution in [0.5, 0.6) is 0 Å². The molecule has 178 valence electrons. The van der Waals surface area contributed by atoms with Crippen molar-refractivity contribution in [2.75, 3.05) is 24.7 Å².